The fourth-order valence-electron chi connectivity index (χ4n) is 1.74. The summed E-state index contributed by atoms with van der Waals surface area (Å²) >= 11 is 0. The van der Waals surface area contributed by atoms with E-state index in [1.165, 1.54) is 6.39 Å². The number of oxazole rings is 1. The number of hydrogen-bond acceptors (Lipinski definition) is 4. The summed E-state index contributed by atoms with van der Waals surface area (Å²) in [5, 5.41) is 2.86. The van der Waals surface area contributed by atoms with E-state index in [2.05, 4.69) is 10.3 Å². The first-order chi connectivity index (χ1) is 9.65. The lowest BCUT2D eigenvalue weighted by molar-refractivity contribution is -0.116. The zero-order chi connectivity index (χ0) is 14.4. The Kier molecular flexibility index (Phi) is 4.76. The lowest BCUT2D eigenvalue weighted by Gasteiger charge is -2.14. The Hall–Kier alpha value is -2.30. The Morgan fingerprint density at radius 3 is 2.90 bits per heavy atom. The number of amides is 1. The Morgan fingerprint density at radius 2 is 2.20 bits per heavy atom. The lowest BCUT2D eigenvalue weighted by atomic mass is 10.2. The van der Waals surface area contributed by atoms with Gasteiger partial charge in [-0.2, -0.15) is 0 Å². The van der Waals surface area contributed by atoms with Crippen LogP contribution in [0.4, 0.5) is 5.69 Å². The molecule has 1 heterocycles. The molecule has 0 saturated heterocycles. The maximum atomic E-state index is 11.9. The van der Waals surface area contributed by atoms with Crippen LogP contribution in [0.15, 0.2) is 41.3 Å². The predicted octanol–water partition coefficient (Wildman–Crippen LogP) is 3.03. The number of para-hydroxylation sites is 2. The van der Waals surface area contributed by atoms with Gasteiger partial charge in [-0.3, -0.25) is 4.79 Å². The highest BCUT2D eigenvalue weighted by molar-refractivity contribution is 5.92. The molecule has 0 radical (unpaired) electrons. The van der Waals surface area contributed by atoms with Gasteiger partial charge in [0.1, 0.15) is 12.0 Å². The van der Waals surface area contributed by atoms with Crippen molar-refractivity contribution in [2.45, 2.75) is 32.8 Å². The lowest BCUT2D eigenvalue weighted by Crippen LogP contribution is -2.14. The summed E-state index contributed by atoms with van der Waals surface area (Å²) in [4.78, 5) is 15.9. The average Bonchev–Trinajstić information content (AvgIpc) is 2.91. The molecule has 5 nitrogen and oxygen atoms in total. The maximum Gasteiger partial charge on any atom is 0.224 e. The van der Waals surface area contributed by atoms with E-state index < -0.39 is 0 Å². The van der Waals surface area contributed by atoms with Gasteiger partial charge in [0.05, 0.1) is 17.5 Å². The Labute approximate surface area is 118 Å². The molecule has 0 unspecified atom stereocenters. The number of benzene rings is 1. The molecule has 0 bridgehead atoms. The van der Waals surface area contributed by atoms with Crippen molar-refractivity contribution < 1.29 is 13.9 Å². The molecule has 0 fully saturated rings. The minimum absolute atomic E-state index is 0.0585. The summed E-state index contributed by atoms with van der Waals surface area (Å²) < 4.78 is 10.5. The van der Waals surface area contributed by atoms with Crippen LogP contribution in [0.3, 0.4) is 0 Å². The second kappa shape index (κ2) is 6.75. The van der Waals surface area contributed by atoms with Gasteiger partial charge in [0.15, 0.2) is 6.39 Å². The monoisotopic (exact) mass is 274 g/mol. The van der Waals surface area contributed by atoms with Gasteiger partial charge in [0.2, 0.25) is 5.91 Å². The van der Waals surface area contributed by atoms with Gasteiger partial charge in [-0.1, -0.05) is 12.1 Å². The van der Waals surface area contributed by atoms with Gasteiger partial charge in [-0.15, -0.1) is 0 Å². The van der Waals surface area contributed by atoms with Gasteiger partial charge in [-0.05, 0) is 26.0 Å². The van der Waals surface area contributed by atoms with E-state index in [4.69, 9.17) is 9.15 Å². The first kappa shape index (κ1) is 14.1. The van der Waals surface area contributed by atoms with Gasteiger partial charge in [0.25, 0.3) is 0 Å². The van der Waals surface area contributed by atoms with E-state index in [9.17, 15) is 4.79 Å². The van der Waals surface area contributed by atoms with Crippen LogP contribution in [0.25, 0.3) is 0 Å². The second-order valence-corrected chi connectivity index (χ2v) is 4.69. The van der Waals surface area contributed by atoms with E-state index in [-0.39, 0.29) is 12.0 Å². The molecule has 5 heteroatoms. The molecule has 2 rings (SSSR count). The van der Waals surface area contributed by atoms with Crippen LogP contribution in [0, 0.1) is 0 Å². The molecule has 1 N–H and O–H groups in total. The molecule has 2 aromatic rings. The van der Waals surface area contributed by atoms with Crippen molar-refractivity contribution in [2.24, 2.45) is 0 Å². The topological polar surface area (TPSA) is 64.4 Å². The second-order valence-electron chi connectivity index (χ2n) is 4.69. The van der Waals surface area contributed by atoms with Crippen molar-refractivity contribution >= 4 is 11.6 Å². The molecule has 0 saturated carbocycles. The van der Waals surface area contributed by atoms with Crippen LogP contribution in [-0.4, -0.2) is 17.0 Å². The van der Waals surface area contributed by atoms with Gasteiger partial charge >= 0.3 is 0 Å². The first-order valence-corrected chi connectivity index (χ1v) is 6.57. The van der Waals surface area contributed by atoms with E-state index in [0.29, 0.717) is 24.3 Å². The number of aromatic nitrogens is 1. The minimum Gasteiger partial charge on any atom is -0.489 e. The Bertz CT molecular complexity index is 550. The number of ether oxygens (including phenoxy) is 1. The molecular formula is C15H18N2O3. The van der Waals surface area contributed by atoms with Crippen LogP contribution < -0.4 is 10.1 Å². The fourth-order valence-corrected chi connectivity index (χ4v) is 1.74. The summed E-state index contributed by atoms with van der Waals surface area (Å²) in [6, 6.07) is 7.40. The molecular weight excluding hydrogens is 256 g/mol. The largest absolute Gasteiger partial charge is 0.489 e. The molecule has 1 aromatic heterocycles. The zero-order valence-electron chi connectivity index (χ0n) is 11.6. The van der Waals surface area contributed by atoms with Crippen LogP contribution in [0.2, 0.25) is 0 Å². The molecule has 1 amide bonds. The molecule has 1 aromatic carbocycles. The van der Waals surface area contributed by atoms with Crippen LogP contribution in [-0.2, 0) is 11.2 Å². The Morgan fingerprint density at radius 1 is 1.40 bits per heavy atom. The number of nitrogens with zero attached hydrogens (tertiary/aromatic N) is 1. The number of carbonyl (C=O) groups excluding carboxylic acids is 1. The van der Waals surface area contributed by atoms with Crippen LogP contribution in [0.5, 0.6) is 5.75 Å². The number of hydrogen-bond donors (Lipinski definition) is 1. The number of rotatable bonds is 6. The van der Waals surface area contributed by atoms with E-state index >= 15 is 0 Å². The number of anilines is 1. The SMILES string of the molecule is CC(C)Oc1ccccc1NC(=O)CCc1cocn1. The van der Waals surface area contributed by atoms with Crippen molar-refractivity contribution in [3.8, 4) is 5.75 Å². The molecule has 0 spiro atoms. The quantitative estimate of drug-likeness (QED) is 0.879. The van der Waals surface area contributed by atoms with Crippen LogP contribution in [0.1, 0.15) is 26.0 Å². The minimum atomic E-state index is -0.0761. The standard InChI is InChI=1S/C15H18N2O3/c1-11(2)20-14-6-4-3-5-13(14)17-15(18)8-7-12-9-19-10-16-12/h3-6,9-11H,7-8H2,1-2H3,(H,17,18). The third kappa shape index (κ3) is 4.12. The summed E-state index contributed by atoms with van der Waals surface area (Å²) in [7, 11) is 0. The fraction of sp³-hybridized carbons (Fsp3) is 0.333. The highest BCUT2D eigenvalue weighted by atomic mass is 16.5. The third-order valence-corrected chi connectivity index (χ3v) is 2.62. The van der Waals surface area contributed by atoms with Crippen LogP contribution >= 0.6 is 0 Å². The average molecular weight is 274 g/mol. The molecule has 20 heavy (non-hydrogen) atoms. The highest BCUT2D eigenvalue weighted by Crippen LogP contribution is 2.25. The maximum absolute atomic E-state index is 11.9. The van der Waals surface area contributed by atoms with E-state index in [1.54, 1.807) is 6.26 Å². The third-order valence-electron chi connectivity index (χ3n) is 2.62. The van der Waals surface area contributed by atoms with Crippen molar-refractivity contribution in [3.05, 3.63) is 42.6 Å². The predicted molar refractivity (Wildman–Crippen MR) is 75.7 cm³/mol. The molecule has 0 aliphatic rings. The van der Waals surface area contributed by atoms with E-state index in [0.717, 1.165) is 5.69 Å². The molecule has 0 aliphatic carbocycles. The Balaban J connectivity index is 1.93. The molecule has 0 atom stereocenters. The summed E-state index contributed by atoms with van der Waals surface area (Å²) in [5.41, 5.74) is 1.46. The molecule has 106 valence electrons. The first-order valence-electron chi connectivity index (χ1n) is 6.57. The summed E-state index contributed by atoms with van der Waals surface area (Å²) in [5.74, 6) is 0.602. The number of carbonyl (C=O) groups is 1. The summed E-state index contributed by atoms with van der Waals surface area (Å²) in [6.07, 6.45) is 3.86. The van der Waals surface area contributed by atoms with Crippen molar-refractivity contribution in [2.75, 3.05) is 5.32 Å². The summed E-state index contributed by atoms with van der Waals surface area (Å²) in [6.45, 7) is 3.90. The van der Waals surface area contributed by atoms with Gasteiger partial charge in [-0.25, -0.2) is 4.98 Å². The number of aryl methyl sites for hydroxylation is 1. The van der Waals surface area contributed by atoms with Crippen molar-refractivity contribution in [1.29, 1.82) is 0 Å². The zero-order valence-corrected chi connectivity index (χ0v) is 11.6. The smallest absolute Gasteiger partial charge is 0.224 e. The normalized spacial score (nSPS) is 10.6. The van der Waals surface area contributed by atoms with Crippen molar-refractivity contribution in [1.82, 2.24) is 4.98 Å². The van der Waals surface area contributed by atoms with E-state index in [1.807, 2.05) is 38.1 Å². The number of nitrogens with one attached hydrogen (secondary N) is 1. The van der Waals surface area contributed by atoms with Gasteiger partial charge in [0, 0.05) is 12.8 Å². The highest BCUT2D eigenvalue weighted by Gasteiger charge is 2.09. The molecule has 0 aliphatic heterocycles. The van der Waals surface area contributed by atoms with Crippen molar-refractivity contribution in [3.63, 3.8) is 0 Å². The van der Waals surface area contributed by atoms with Gasteiger partial charge < -0.3 is 14.5 Å².